The molecule has 2 heterocycles. The lowest BCUT2D eigenvalue weighted by molar-refractivity contribution is 0.794. The van der Waals surface area contributed by atoms with Gasteiger partial charge in [-0.3, -0.25) is 4.98 Å². The first-order chi connectivity index (χ1) is 24.3. The SMILES string of the molecule is c1ccc(-c2cc(-c3cccc4c3-c3ccccc3C43c4ccccc4-c4ccccc43)nc(-c3ccc(-c4cccnc4)cc3)n2)cc1. The van der Waals surface area contributed by atoms with E-state index < -0.39 is 5.41 Å². The molecular formula is C46H29N3. The lowest BCUT2D eigenvalue weighted by atomic mass is 9.70. The van der Waals surface area contributed by atoms with Crippen LogP contribution >= 0.6 is 0 Å². The average molecular weight is 624 g/mol. The van der Waals surface area contributed by atoms with Crippen LogP contribution in [0.1, 0.15) is 22.3 Å². The number of benzene rings is 6. The molecule has 6 aromatic carbocycles. The fourth-order valence-corrected chi connectivity index (χ4v) is 8.17. The molecule has 0 N–H and O–H groups in total. The monoisotopic (exact) mass is 623 g/mol. The zero-order valence-electron chi connectivity index (χ0n) is 26.6. The van der Waals surface area contributed by atoms with E-state index in [9.17, 15) is 0 Å². The van der Waals surface area contributed by atoms with Crippen LogP contribution in [0.25, 0.3) is 67.3 Å². The van der Waals surface area contributed by atoms with E-state index in [0.717, 1.165) is 39.2 Å². The highest BCUT2D eigenvalue weighted by Crippen LogP contribution is 2.63. The Hall–Kier alpha value is -6.45. The number of nitrogens with zero attached hydrogens (tertiary/aromatic N) is 3. The summed E-state index contributed by atoms with van der Waals surface area (Å²) < 4.78 is 0. The van der Waals surface area contributed by atoms with E-state index in [0.29, 0.717) is 5.82 Å². The second kappa shape index (κ2) is 10.8. The van der Waals surface area contributed by atoms with Crippen molar-refractivity contribution in [3.8, 4) is 67.3 Å². The number of rotatable bonds is 4. The zero-order chi connectivity index (χ0) is 32.4. The van der Waals surface area contributed by atoms with Gasteiger partial charge in [0.05, 0.1) is 16.8 Å². The van der Waals surface area contributed by atoms with Gasteiger partial charge in [-0.15, -0.1) is 0 Å². The molecule has 2 aliphatic carbocycles. The van der Waals surface area contributed by atoms with Crippen LogP contribution in [0.4, 0.5) is 0 Å². The number of fused-ring (bicyclic) bond motifs is 10. The molecule has 0 unspecified atom stereocenters. The first-order valence-electron chi connectivity index (χ1n) is 16.7. The van der Waals surface area contributed by atoms with E-state index in [4.69, 9.17) is 9.97 Å². The van der Waals surface area contributed by atoms with E-state index in [-0.39, 0.29) is 0 Å². The number of aromatic nitrogens is 3. The summed E-state index contributed by atoms with van der Waals surface area (Å²) in [7, 11) is 0. The van der Waals surface area contributed by atoms with Crippen molar-refractivity contribution in [2.45, 2.75) is 5.41 Å². The molecule has 0 aliphatic heterocycles. The Kier molecular flexibility index (Phi) is 6.09. The van der Waals surface area contributed by atoms with Crippen molar-refractivity contribution in [1.29, 1.82) is 0 Å². The topological polar surface area (TPSA) is 38.7 Å². The third-order valence-electron chi connectivity index (χ3n) is 10.2. The zero-order valence-corrected chi connectivity index (χ0v) is 26.6. The van der Waals surface area contributed by atoms with Crippen LogP contribution in [-0.4, -0.2) is 15.0 Å². The van der Waals surface area contributed by atoms with Gasteiger partial charge in [-0.25, -0.2) is 9.97 Å². The van der Waals surface area contributed by atoms with Crippen molar-refractivity contribution in [2.75, 3.05) is 0 Å². The quantitative estimate of drug-likeness (QED) is 0.196. The van der Waals surface area contributed by atoms with Crippen LogP contribution in [0.2, 0.25) is 0 Å². The second-order valence-corrected chi connectivity index (χ2v) is 12.8. The molecule has 0 bridgehead atoms. The molecule has 0 saturated heterocycles. The molecule has 0 radical (unpaired) electrons. The first kappa shape index (κ1) is 27.6. The molecule has 49 heavy (non-hydrogen) atoms. The molecule has 8 aromatic rings. The number of pyridine rings is 1. The van der Waals surface area contributed by atoms with Gasteiger partial charge in [0.2, 0.25) is 0 Å². The minimum atomic E-state index is -0.407. The summed E-state index contributed by atoms with van der Waals surface area (Å²) in [6.45, 7) is 0. The van der Waals surface area contributed by atoms with E-state index in [1.165, 1.54) is 44.5 Å². The third-order valence-corrected chi connectivity index (χ3v) is 10.2. The van der Waals surface area contributed by atoms with E-state index in [1.54, 1.807) is 6.20 Å². The smallest absolute Gasteiger partial charge is 0.160 e. The Morgan fingerprint density at radius 3 is 1.61 bits per heavy atom. The van der Waals surface area contributed by atoms with E-state index in [1.807, 2.05) is 18.3 Å². The Morgan fingerprint density at radius 2 is 0.918 bits per heavy atom. The van der Waals surface area contributed by atoms with Crippen LogP contribution in [-0.2, 0) is 5.41 Å². The summed E-state index contributed by atoms with van der Waals surface area (Å²) in [6, 6.07) is 58.7. The summed E-state index contributed by atoms with van der Waals surface area (Å²) in [5.41, 5.74) is 17.1. The Labute approximate surface area is 285 Å². The number of hydrogen-bond acceptors (Lipinski definition) is 3. The summed E-state index contributed by atoms with van der Waals surface area (Å²) in [6.07, 6.45) is 3.69. The second-order valence-electron chi connectivity index (χ2n) is 12.8. The van der Waals surface area contributed by atoms with Gasteiger partial charge in [-0.1, -0.05) is 152 Å². The van der Waals surface area contributed by atoms with Crippen molar-refractivity contribution in [1.82, 2.24) is 15.0 Å². The molecule has 0 amide bonds. The lowest BCUT2D eigenvalue weighted by Gasteiger charge is -2.30. The van der Waals surface area contributed by atoms with Gasteiger partial charge < -0.3 is 0 Å². The number of hydrogen-bond donors (Lipinski definition) is 0. The van der Waals surface area contributed by atoms with Gasteiger partial charge in [-0.05, 0) is 67.8 Å². The predicted octanol–water partition coefficient (Wildman–Crippen LogP) is 10.9. The Balaban J connectivity index is 1.22. The van der Waals surface area contributed by atoms with Gasteiger partial charge in [0.1, 0.15) is 0 Å². The van der Waals surface area contributed by atoms with E-state index in [2.05, 4.69) is 157 Å². The molecule has 0 atom stereocenters. The van der Waals surface area contributed by atoms with Crippen LogP contribution < -0.4 is 0 Å². The van der Waals surface area contributed by atoms with Gasteiger partial charge >= 0.3 is 0 Å². The highest BCUT2D eigenvalue weighted by molar-refractivity contribution is 5.99. The predicted molar refractivity (Wildman–Crippen MR) is 198 cm³/mol. The molecule has 2 aliphatic rings. The van der Waals surface area contributed by atoms with Crippen molar-refractivity contribution < 1.29 is 0 Å². The minimum absolute atomic E-state index is 0.407. The lowest BCUT2D eigenvalue weighted by Crippen LogP contribution is -2.25. The first-order valence-corrected chi connectivity index (χ1v) is 16.7. The standard InChI is InChI=1S/C46H29N3/c1-2-12-31(13-3-1)42-28-43(49-45(48-42)32-25-23-30(24-26-32)33-14-11-27-47-29-33)37-18-10-22-41-44(37)36-17-6-9-21-40(36)46(41)38-19-7-4-15-34(38)35-16-5-8-20-39(35)46/h1-29H. The fraction of sp³-hybridized carbons (Fsp3) is 0.0217. The minimum Gasteiger partial charge on any atom is -0.264 e. The Morgan fingerprint density at radius 1 is 0.367 bits per heavy atom. The molecule has 2 aromatic heterocycles. The maximum absolute atomic E-state index is 5.33. The van der Waals surface area contributed by atoms with Crippen LogP contribution in [0.5, 0.6) is 0 Å². The molecule has 0 fully saturated rings. The van der Waals surface area contributed by atoms with Crippen molar-refractivity contribution in [3.05, 3.63) is 198 Å². The molecule has 3 nitrogen and oxygen atoms in total. The summed E-state index contributed by atoms with van der Waals surface area (Å²) in [4.78, 5) is 14.8. The van der Waals surface area contributed by atoms with Crippen LogP contribution in [0, 0.1) is 0 Å². The van der Waals surface area contributed by atoms with Crippen molar-refractivity contribution in [3.63, 3.8) is 0 Å². The van der Waals surface area contributed by atoms with Crippen LogP contribution in [0.3, 0.4) is 0 Å². The largest absolute Gasteiger partial charge is 0.264 e. The Bertz CT molecular complexity index is 2490. The highest BCUT2D eigenvalue weighted by Gasteiger charge is 2.52. The average Bonchev–Trinajstić information content (AvgIpc) is 3.66. The molecule has 10 rings (SSSR count). The molecule has 1 spiro atoms. The van der Waals surface area contributed by atoms with Crippen molar-refractivity contribution >= 4 is 0 Å². The van der Waals surface area contributed by atoms with Crippen molar-refractivity contribution in [2.24, 2.45) is 0 Å². The van der Waals surface area contributed by atoms with Gasteiger partial charge in [0, 0.05) is 29.1 Å². The fourth-order valence-electron chi connectivity index (χ4n) is 8.17. The van der Waals surface area contributed by atoms with Gasteiger partial charge in [-0.2, -0.15) is 0 Å². The maximum Gasteiger partial charge on any atom is 0.160 e. The van der Waals surface area contributed by atoms with Gasteiger partial charge in [0.25, 0.3) is 0 Å². The van der Waals surface area contributed by atoms with Crippen LogP contribution in [0.15, 0.2) is 176 Å². The molecule has 228 valence electrons. The molecule has 3 heteroatoms. The van der Waals surface area contributed by atoms with Gasteiger partial charge in [0.15, 0.2) is 5.82 Å². The highest BCUT2D eigenvalue weighted by atomic mass is 14.9. The summed E-state index contributed by atoms with van der Waals surface area (Å²) >= 11 is 0. The summed E-state index contributed by atoms with van der Waals surface area (Å²) in [5, 5.41) is 0. The third kappa shape index (κ3) is 4.06. The van der Waals surface area contributed by atoms with E-state index >= 15 is 0 Å². The molecular weight excluding hydrogens is 595 g/mol. The normalized spacial score (nSPS) is 13.1. The summed E-state index contributed by atoms with van der Waals surface area (Å²) in [5.74, 6) is 0.698. The maximum atomic E-state index is 5.33. The molecule has 0 saturated carbocycles.